The van der Waals surface area contributed by atoms with Crippen LogP contribution in [0, 0.1) is 12.8 Å². The molecule has 25 heavy (non-hydrogen) atoms. The Morgan fingerprint density at radius 2 is 2.08 bits per heavy atom. The average molecular weight is 339 g/mol. The number of nitrogens with zero attached hydrogens (tertiary/aromatic N) is 2. The summed E-state index contributed by atoms with van der Waals surface area (Å²) in [6.45, 7) is 5.16. The Morgan fingerprint density at radius 3 is 2.88 bits per heavy atom. The van der Waals surface area contributed by atoms with Gasteiger partial charge in [-0.1, -0.05) is 18.2 Å². The second-order valence-corrected chi connectivity index (χ2v) is 6.74. The monoisotopic (exact) mass is 339 g/mol. The average Bonchev–Trinajstić information content (AvgIpc) is 2.64. The van der Waals surface area contributed by atoms with Crippen molar-refractivity contribution >= 4 is 5.91 Å². The van der Waals surface area contributed by atoms with Crippen LogP contribution in [0.15, 0.2) is 42.5 Å². The van der Waals surface area contributed by atoms with Gasteiger partial charge in [-0.2, -0.15) is 0 Å². The molecule has 0 aliphatic carbocycles. The molecular formula is C20H25N3O2. The molecule has 5 heteroatoms. The zero-order valence-electron chi connectivity index (χ0n) is 14.6. The van der Waals surface area contributed by atoms with Gasteiger partial charge in [-0.15, -0.1) is 0 Å². The summed E-state index contributed by atoms with van der Waals surface area (Å²) >= 11 is 0. The molecule has 1 aromatic carbocycles. The lowest BCUT2D eigenvalue weighted by atomic mass is 9.97. The SMILES string of the molecule is Cc1ccc(O)c(CN2CCC[C@@H](CNC(=O)c3ccccc3)C2)n1. The fourth-order valence-electron chi connectivity index (χ4n) is 3.32. The third kappa shape index (κ3) is 4.79. The number of rotatable bonds is 5. The smallest absolute Gasteiger partial charge is 0.251 e. The fraction of sp³-hybridized carbons (Fsp3) is 0.400. The van der Waals surface area contributed by atoms with E-state index in [0.717, 1.165) is 37.3 Å². The quantitative estimate of drug-likeness (QED) is 0.879. The van der Waals surface area contributed by atoms with Gasteiger partial charge in [-0.3, -0.25) is 14.7 Å². The van der Waals surface area contributed by atoms with Crippen molar-refractivity contribution in [2.75, 3.05) is 19.6 Å². The zero-order valence-corrected chi connectivity index (χ0v) is 14.6. The summed E-state index contributed by atoms with van der Waals surface area (Å²) in [5, 5.41) is 13.0. The third-order valence-corrected chi connectivity index (χ3v) is 4.65. The van der Waals surface area contributed by atoms with Crippen molar-refractivity contribution in [1.29, 1.82) is 0 Å². The first-order valence-electron chi connectivity index (χ1n) is 8.83. The molecule has 1 saturated heterocycles. The molecule has 1 amide bonds. The molecule has 2 aromatic rings. The summed E-state index contributed by atoms with van der Waals surface area (Å²) in [6, 6.07) is 12.8. The van der Waals surface area contributed by atoms with Gasteiger partial charge in [0, 0.05) is 30.9 Å². The highest BCUT2D eigenvalue weighted by Crippen LogP contribution is 2.21. The number of nitrogens with one attached hydrogen (secondary N) is 1. The molecular weight excluding hydrogens is 314 g/mol. The molecule has 0 bridgehead atoms. The first kappa shape index (κ1) is 17.4. The second-order valence-electron chi connectivity index (χ2n) is 6.74. The minimum Gasteiger partial charge on any atom is -0.506 e. The van der Waals surface area contributed by atoms with Gasteiger partial charge in [0.2, 0.25) is 0 Å². The number of carbonyl (C=O) groups is 1. The normalized spacial score (nSPS) is 18.0. The molecule has 1 aliphatic rings. The Kier molecular flexibility index (Phi) is 5.66. The standard InChI is InChI=1S/C20H25N3O2/c1-15-9-10-19(24)18(22-15)14-23-11-5-6-16(13-23)12-21-20(25)17-7-3-2-4-8-17/h2-4,7-10,16,24H,5-6,11-14H2,1H3,(H,21,25)/t16-/m0/s1. The Morgan fingerprint density at radius 1 is 1.28 bits per heavy atom. The predicted molar refractivity (Wildman–Crippen MR) is 97.4 cm³/mol. The van der Waals surface area contributed by atoms with E-state index < -0.39 is 0 Å². The van der Waals surface area contributed by atoms with Crippen molar-refractivity contribution in [3.8, 4) is 5.75 Å². The Balaban J connectivity index is 1.53. The number of pyridine rings is 1. The molecule has 3 rings (SSSR count). The highest BCUT2D eigenvalue weighted by Gasteiger charge is 2.22. The first-order chi connectivity index (χ1) is 12.1. The van der Waals surface area contributed by atoms with Crippen molar-refractivity contribution < 1.29 is 9.90 Å². The van der Waals surface area contributed by atoms with Crippen molar-refractivity contribution in [2.24, 2.45) is 5.92 Å². The number of likely N-dealkylation sites (tertiary alicyclic amines) is 1. The lowest BCUT2D eigenvalue weighted by Gasteiger charge is -2.32. The lowest BCUT2D eigenvalue weighted by Crippen LogP contribution is -2.40. The number of hydrogen-bond donors (Lipinski definition) is 2. The molecule has 132 valence electrons. The number of aromatic nitrogens is 1. The van der Waals surface area contributed by atoms with Gasteiger partial charge in [-0.25, -0.2) is 0 Å². The van der Waals surface area contributed by atoms with Crippen LogP contribution >= 0.6 is 0 Å². The molecule has 0 saturated carbocycles. The minimum atomic E-state index is -0.0179. The molecule has 2 heterocycles. The number of aryl methyl sites for hydroxylation is 1. The van der Waals surface area contributed by atoms with Gasteiger partial charge in [0.05, 0.1) is 5.69 Å². The van der Waals surface area contributed by atoms with Crippen LogP contribution in [0.4, 0.5) is 0 Å². The number of hydrogen-bond acceptors (Lipinski definition) is 4. The first-order valence-corrected chi connectivity index (χ1v) is 8.83. The number of benzene rings is 1. The second kappa shape index (κ2) is 8.12. The molecule has 1 aromatic heterocycles. The van der Waals surface area contributed by atoms with Crippen molar-refractivity contribution in [3.63, 3.8) is 0 Å². The minimum absolute atomic E-state index is 0.0179. The van der Waals surface area contributed by atoms with E-state index in [4.69, 9.17) is 0 Å². The molecule has 0 radical (unpaired) electrons. The molecule has 0 unspecified atom stereocenters. The van der Waals surface area contributed by atoms with Crippen molar-refractivity contribution in [3.05, 3.63) is 59.4 Å². The number of aromatic hydroxyl groups is 1. The highest BCUT2D eigenvalue weighted by molar-refractivity contribution is 5.94. The van der Waals surface area contributed by atoms with Crippen LogP contribution in [-0.4, -0.2) is 40.5 Å². The zero-order chi connectivity index (χ0) is 17.6. The summed E-state index contributed by atoms with van der Waals surface area (Å²) in [7, 11) is 0. The predicted octanol–water partition coefficient (Wildman–Crippen LogP) is 2.74. The number of piperidine rings is 1. The van der Waals surface area contributed by atoms with Crippen LogP contribution in [0.1, 0.15) is 34.6 Å². The van der Waals surface area contributed by atoms with Gasteiger partial charge in [0.25, 0.3) is 5.91 Å². The number of amides is 1. The van der Waals surface area contributed by atoms with Crippen LogP contribution in [0.3, 0.4) is 0 Å². The summed E-state index contributed by atoms with van der Waals surface area (Å²) in [5.74, 6) is 0.661. The molecule has 1 atom stereocenters. The summed E-state index contributed by atoms with van der Waals surface area (Å²) in [4.78, 5) is 18.9. The largest absolute Gasteiger partial charge is 0.506 e. The van der Waals surface area contributed by atoms with Gasteiger partial charge in [0.1, 0.15) is 5.75 Å². The maximum atomic E-state index is 12.2. The van der Waals surface area contributed by atoms with E-state index in [1.165, 1.54) is 0 Å². The Bertz CT molecular complexity index is 718. The molecule has 0 spiro atoms. The number of carbonyl (C=O) groups excluding carboxylic acids is 1. The van der Waals surface area contributed by atoms with E-state index in [1.807, 2.05) is 43.3 Å². The maximum absolute atomic E-state index is 12.2. The molecule has 1 aliphatic heterocycles. The van der Waals surface area contributed by atoms with Crippen LogP contribution in [-0.2, 0) is 6.54 Å². The van der Waals surface area contributed by atoms with Gasteiger partial charge in [-0.05, 0) is 56.5 Å². The Labute approximate surface area is 148 Å². The summed E-state index contributed by atoms with van der Waals surface area (Å²) < 4.78 is 0. The molecule has 2 N–H and O–H groups in total. The topological polar surface area (TPSA) is 65.5 Å². The van der Waals surface area contributed by atoms with E-state index in [2.05, 4.69) is 15.2 Å². The van der Waals surface area contributed by atoms with E-state index in [9.17, 15) is 9.90 Å². The van der Waals surface area contributed by atoms with Crippen LogP contribution < -0.4 is 5.32 Å². The van der Waals surface area contributed by atoms with Crippen LogP contribution in [0.5, 0.6) is 5.75 Å². The van der Waals surface area contributed by atoms with E-state index in [-0.39, 0.29) is 11.7 Å². The highest BCUT2D eigenvalue weighted by atomic mass is 16.3. The molecule has 5 nitrogen and oxygen atoms in total. The van der Waals surface area contributed by atoms with E-state index in [0.29, 0.717) is 24.6 Å². The van der Waals surface area contributed by atoms with Crippen molar-refractivity contribution in [1.82, 2.24) is 15.2 Å². The van der Waals surface area contributed by atoms with Crippen molar-refractivity contribution in [2.45, 2.75) is 26.3 Å². The van der Waals surface area contributed by atoms with E-state index >= 15 is 0 Å². The van der Waals surface area contributed by atoms with E-state index in [1.54, 1.807) is 6.07 Å². The maximum Gasteiger partial charge on any atom is 0.251 e. The fourth-order valence-corrected chi connectivity index (χ4v) is 3.32. The van der Waals surface area contributed by atoms with Gasteiger partial charge in [0.15, 0.2) is 0 Å². The van der Waals surface area contributed by atoms with Crippen LogP contribution in [0.25, 0.3) is 0 Å². The lowest BCUT2D eigenvalue weighted by molar-refractivity contribution is 0.0930. The van der Waals surface area contributed by atoms with Gasteiger partial charge >= 0.3 is 0 Å². The molecule has 1 fully saturated rings. The van der Waals surface area contributed by atoms with Gasteiger partial charge < -0.3 is 10.4 Å². The summed E-state index contributed by atoms with van der Waals surface area (Å²) in [6.07, 6.45) is 2.21. The summed E-state index contributed by atoms with van der Waals surface area (Å²) in [5.41, 5.74) is 2.34. The Hall–Kier alpha value is -2.40. The van der Waals surface area contributed by atoms with Crippen LogP contribution in [0.2, 0.25) is 0 Å². The third-order valence-electron chi connectivity index (χ3n) is 4.65.